The van der Waals surface area contributed by atoms with Gasteiger partial charge in [0.15, 0.2) is 0 Å². The second-order valence-corrected chi connectivity index (χ2v) is 8.23. The van der Waals surface area contributed by atoms with Crippen LogP contribution in [0.5, 0.6) is 0 Å². The molecule has 3 atom stereocenters. The third kappa shape index (κ3) is 4.69. The lowest BCUT2D eigenvalue weighted by Gasteiger charge is -2.23. The van der Waals surface area contributed by atoms with Crippen LogP contribution < -0.4 is 5.32 Å². The summed E-state index contributed by atoms with van der Waals surface area (Å²) in [5, 5.41) is 12.8. The lowest BCUT2D eigenvalue weighted by Crippen LogP contribution is -2.35. The van der Waals surface area contributed by atoms with Gasteiger partial charge in [0.2, 0.25) is 0 Å². The summed E-state index contributed by atoms with van der Waals surface area (Å²) in [5.74, 6) is 0.428. The Morgan fingerprint density at radius 1 is 1.15 bits per heavy atom. The number of aryl methyl sites for hydroxylation is 2. The number of carbonyl (C=O) groups excluding carboxylic acids is 1. The highest BCUT2D eigenvalue weighted by molar-refractivity contribution is 5.90. The standard InChI is InChI=1S/C17H24N2O2.C6H6/c1-11-4-5-15(12(2)6-11)18-16(21)19-9-13-7-14(20)8-17(13,3)10-19;1-2-4-6-5-3-1/h4-6,13-14,20H,7-10H2,1-3H3,(H,18,21);1-6H/t13-,14?,17+;/m0./s1. The van der Waals surface area contributed by atoms with Gasteiger partial charge in [-0.25, -0.2) is 4.79 Å². The van der Waals surface area contributed by atoms with Crippen molar-refractivity contribution in [2.24, 2.45) is 11.3 Å². The van der Waals surface area contributed by atoms with Crippen molar-refractivity contribution in [3.8, 4) is 0 Å². The van der Waals surface area contributed by atoms with Crippen molar-refractivity contribution in [2.45, 2.75) is 39.7 Å². The number of nitrogens with zero attached hydrogens (tertiary/aromatic N) is 1. The van der Waals surface area contributed by atoms with Gasteiger partial charge in [0.05, 0.1) is 6.10 Å². The molecule has 0 spiro atoms. The van der Waals surface area contributed by atoms with Gasteiger partial charge in [-0.2, -0.15) is 0 Å². The zero-order valence-electron chi connectivity index (χ0n) is 16.5. The fourth-order valence-corrected chi connectivity index (χ4v) is 4.34. The van der Waals surface area contributed by atoms with Crippen LogP contribution in [0.2, 0.25) is 0 Å². The number of fused-ring (bicyclic) bond motifs is 1. The number of nitrogens with one attached hydrogen (secondary N) is 1. The van der Waals surface area contributed by atoms with Gasteiger partial charge < -0.3 is 15.3 Å². The highest BCUT2D eigenvalue weighted by atomic mass is 16.3. The van der Waals surface area contributed by atoms with E-state index in [1.54, 1.807) is 0 Å². The third-order valence-corrected chi connectivity index (χ3v) is 5.81. The first-order chi connectivity index (χ1) is 12.9. The number of amides is 2. The molecule has 1 heterocycles. The van der Waals surface area contributed by atoms with Crippen molar-refractivity contribution in [3.63, 3.8) is 0 Å². The van der Waals surface area contributed by atoms with Crippen LogP contribution in [0.1, 0.15) is 30.9 Å². The Balaban J connectivity index is 0.000000299. The molecule has 2 aromatic carbocycles. The van der Waals surface area contributed by atoms with Crippen LogP contribution in [-0.4, -0.2) is 35.2 Å². The molecular weight excluding hydrogens is 336 g/mol. The molecule has 2 N–H and O–H groups in total. The normalized spacial score (nSPS) is 26.1. The number of benzene rings is 2. The number of aliphatic hydroxyl groups excluding tert-OH is 1. The molecule has 2 aromatic rings. The monoisotopic (exact) mass is 366 g/mol. The molecule has 1 saturated carbocycles. The van der Waals surface area contributed by atoms with Crippen LogP contribution in [0.4, 0.5) is 10.5 Å². The number of urea groups is 1. The van der Waals surface area contributed by atoms with Crippen molar-refractivity contribution in [1.29, 1.82) is 0 Å². The highest BCUT2D eigenvalue weighted by Gasteiger charge is 2.50. The zero-order chi connectivity index (χ0) is 19.4. The van der Waals surface area contributed by atoms with E-state index < -0.39 is 0 Å². The molecule has 0 aromatic heterocycles. The largest absolute Gasteiger partial charge is 0.393 e. The molecule has 4 nitrogen and oxygen atoms in total. The van der Waals surface area contributed by atoms with Gasteiger partial charge in [-0.3, -0.25) is 0 Å². The molecular formula is C23H30N2O2. The van der Waals surface area contributed by atoms with Gasteiger partial charge in [0.1, 0.15) is 0 Å². The Morgan fingerprint density at radius 3 is 2.33 bits per heavy atom. The molecule has 0 radical (unpaired) electrons. The summed E-state index contributed by atoms with van der Waals surface area (Å²) >= 11 is 0. The summed E-state index contributed by atoms with van der Waals surface area (Å²) in [7, 11) is 0. The van der Waals surface area contributed by atoms with Crippen LogP contribution in [0.3, 0.4) is 0 Å². The van der Waals surface area contributed by atoms with E-state index in [4.69, 9.17) is 0 Å². The summed E-state index contributed by atoms with van der Waals surface area (Å²) in [6.45, 7) is 7.75. The molecule has 144 valence electrons. The number of carbonyl (C=O) groups is 1. The van der Waals surface area contributed by atoms with Gasteiger partial charge in [-0.15, -0.1) is 0 Å². The van der Waals surface area contributed by atoms with E-state index >= 15 is 0 Å². The minimum atomic E-state index is -0.190. The summed E-state index contributed by atoms with van der Waals surface area (Å²) in [4.78, 5) is 14.4. The maximum absolute atomic E-state index is 12.5. The van der Waals surface area contributed by atoms with Gasteiger partial charge in [0.25, 0.3) is 0 Å². The van der Waals surface area contributed by atoms with Crippen LogP contribution >= 0.6 is 0 Å². The van der Waals surface area contributed by atoms with Gasteiger partial charge in [-0.1, -0.05) is 61.0 Å². The minimum absolute atomic E-state index is 0.0212. The summed E-state index contributed by atoms with van der Waals surface area (Å²) < 4.78 is 0. The first-order valence-electron chi connectivity index (χ1n) is 9.69. The second kappa shape index (κ2) is 8.13. The first-order valence-corrected chi connectivity index (χ1v) is 9.69. The Labute approximate surface area is 162 Å². The predicted octanol–water partition coefficient (Wildman–Crippen LogP) is 4.61. The highest BCUT2D eigenvalue weighted by Crippen LogP contribution is 2.48. The van der Waals surface area contributed by atoms with E-state index in [0.29, 0.717) is 5.92 Å². The van der Waals surface area contributed by atoms with Gasteiger partial charge in [-0.05, 0) is 49.7 Å². The molecule has 4 heteroatoms. The summed E-state index contributed by atoms with van der Waals surface area (Å²) in [6, 6.07) is 18.0. The minimum Gasteiger partial charge on any atom is -0.393 e. The van der Waals surface area contributed by atoms with E-state index in [-0.39, 0.29) is 17.6 Å². The van der Waals surface area contributed by atoms with E-state index in [9.17, 15) is 9.90 Å². The number of hydrogen-bond donors (Lipinski definition) is 2. The topological polar surface area (TPSA) is 52.6 Å². The van der Waals surface area contributed by atoms with Crippen LogP contribution in [-0.2, 0) is 0 Å². The van der Waals surface area contributed by atoms with Crippen LogP contribution in [0, 0.1) is 25.2 Å². The number of rotatable bonds is 1. The van der Waals surface area contributed by atoms with Crippen LogP contribution in [0.15, 0.2) is 54.6 Å². The number of hydrogen-bond acceptors (Lipinski definition) is 2. The van der Waals surface area contributed by atoms with E-state index in [2.05, 4.69) is 18.3 Å². The molecule has 4 rings (SSSR count). The van der Waals surface area contributed by atoms with Crippen molar-refractivity contribution in [3.05, 3.63) is 65.7 Å². The Morgan fingerprint density at radius 2 is 1.78 bits per heavy atom. The van der Waals surface area contributed by atoms with Gasteiger partial charge in [0, 0.05) is 18.8 Å². The fourth-order valence-electron chi connectivity index (χ4n) is 4.34. The Kier molecular flexibility index (Phi) is 5.85. The molecule has 1 aliphatic carbocycles. The van der Waals surface area contributed by atoms with E-state index in [1.165, 1.54) is 5.56 Å². The molecule has 1 saturated heterocycles. The van der Waals surface area contributed by atoms with Crippen molar-refractivity contribution in [2.75, 3.05) is 18.4 Å². The van der Waals surface area contributed by atoms with Gasteiger partial charge >= 0.3 is 6.03 Å². The zero-order valence-corrected chi connectivity index (χ0v) is 16.5. The van der Waals surface area contributed by atoms with Crippen molar-refractivity contribution in [1.82, 2.24) is 4.90 Å². The van der Waals surface area contributed by atoms with Crippen molar-refractivity contribution < 1.29 is 9.90 Å². The predicted molar refractivity (Wildman–Crippen MR) is 110 cm³/mol. The second-order valence-electron chi connectivity index (χ2n) is 8.23. The SMILES string of the molecule is Cc1ccc(NC(=O)N2C[C@@H]3CC(O)C[C@]3(C)C2)c(C)c1.c1ccccc1. The molecule has 2 amide bonds. The molecule has 2 aliphatic rings. The fraction of sp³-hybridized carbons (Fsp3) is 0.435. The maximum atomic E-state index is 12.5. The Bertz CT molecular complexity index is 750. The number of likely N-dealkylation sites (tertiary alicyclic amines) is 1. The number of anilines is 1. The quantitative estimate of drug-likeness (QED) is 0.774. The number of aliphatic hydroxyl groups is 1. The van der Waals surface area contributed by atoms with E-state index in [1.807, 2.05) is 67.3 Å². The van der Waals surface area contributed by atoms with Crippen LogP contribution in [0.25, 0.3) is 0 Å². The molecule has 27 heavy (non-hydrogen) atoms. The molecule has 2 fully saturated rings. The van der Waals surface area contributed by atoms with E-state index in [0.717, 1.165) is 37.2 Å². The Hall–Kier alpha value is -2.33. The first kappa shape index (κ1) is 19.4. The summed E-state index contributed by atoms with van der Waals surface area (Å²) in [6.07, 6.45) is 1.44. The van der Waals surface area contributed by atoms with Crippen molar-refractivity contribution >= 4 is 11.7 Å². The smallest absolute Gasteiger partial charge is 0.321 e. The molecule has 1 unspecified atom stereocenters. The summed E-state index contributed by atoms with van der Waals surface area (Å²) in [5.41, 5.74) is 3.25. The lowest BCUT2D eigenvalue weighted by atomic mass is 9.83. The third-order valence-electron chi connectivity index (χ3n) is 5.81. The lowest BCUT2D eigenvalue weighted by molar-refractivity contribution is 0.152. The molecule has 1 aliphatic heterocycles. The average Bonchev–Trinajstić information content (AvgIpc) is 3.09. The average molecular weight is 367 g/mol. The maximum Gasteiger partial charge on any atom is 0.321 e. The molecule has 0 bridgehead atoms.